The van der Waals surface area contributed by atoms with Gasteiger partial charge in [-0.1, -0.05) is 11.6 Å². The van der Waals surface area contributed by atoms with Crippen molar-refractivity contribution in [2.75, 3.05) is 19.7 Å². The smallest absolute Gasteiger partial charge is 0.123 e. The van der Waals surface area contributed by atoms with Crippen molar-refractivity contribution in [1.29, 1.82) is 0 Å². The second-order valence-corrected chi connectivity index (χ2v) is 4.36. The summed E-state index contributed by atoms with van der Waals surface area (Å²) in [5, 5.41) is 7.45. The molecule has 0 bridgehead atoms. The highest BCUT2D eigenvalue weighted by Gasteiger charge is 2.16. The molecule has 1 fully saturated rings. The third-order valence-electron chi connectivity index (χ3n) is 2.69. The first kappa shape index (κ1) is 11.7. The molecule has 0 unspecified atom stereocenters. The minimum Gasteiger partial charge on any atom is -0.494 e. The van der Waals surface area contributed by atoms with Gasteiger partial charge in [-0.05, 0) is 25.1 Å². The summed E-state index contributed by atoms with van der Waals surface area (Å²) >= 11 is 5.98. The molecule has 0 saturated carbocycles. The molecule has 0 radical (unpaired) electrons. The zero-order valence-corrected chi connectivity index (χ0v) is 10.2. The van der Waals surface area contributed by atoms with Gasteiger partial charge < -0.3 is 15.4 Å². The van der Waals surface area contributed by atoms with Crippen LogP contribution in [0.25, 0.3) is 0 Å². The summed E-state index contributed by atoms with van der Waals surface area (Å²) in [4.78, 5) is 0. The van der Waals surface area contributed by atoms with Gasteiger partial charge in [-0.15, -0.1) is 0 Å². The van der Waals surface area contributed by atoms with Crippen LogP contribution in [0, 0.1) is 0 Å². The first-order valence-corrected chi connectivity index (χ1v) is 6.02. The fourth-order valence-corrected chi connectivity index (χ4v) is 1.86. The van der Waals surface area contributed by atoms with E-state index in [1.807, 2.05) is 25.1 Å². The Balaban J connectivity index is 2.00. The number of rotatable bonds is 5. The highest BCUT2D eigenvalue weighted by molar-refractivity contribution is 6.30. The standard InChI is InChI=1S/C12H17ClN2O/c1-2-16-12-4-3-10(13)5-9(12)6-15-11-7-14-8-11/h3-5,11,14-15H,2,6-8H2,1H3. The van der Waals surface area contributed by atoms with Crippen LogP contribution in [-0.2, 0) is 6.54 Å². The zero-order chi connectivity index (χ0) is 11.4. The van der Waals surface area contributed by atoms with E-state index < -0.39 is 0 Å². The van der Waals surface area contributed by atoms with Gasteiger partial charge in [-0.2, -0.15) is 0 Å². The van der Waals surface area contributed by atoms with Crippen molar-refractivity contribution in [1.82, 2.24) is 10.6 Å². The van der Waals surface area contributed by atoms with Crippen LogP contribution in [0.15, 0.2) is 18.2 Å². The normalized spacial score (nSPS) is 15.9. The Morgan fingerprint density at radius 3 is 2.94 bits per heavy atom. The Labute approximate surface area is 101 Å². The van der Waals surface area contributed by atoms with E-state index in [1.54, 1.807) is 0 Å². The minimum atomic E-state index is 0.577. The highest BCUT2D eigenvalue weighted by atomic mass is 35.5. The van der Waals surface area contributed by atoms with E-state index in [2.05, 4.69) is 10.6 Å². The van der Waals surface area contributed by atoms with Crippen molar-refractivity contribution in [2.24, 2.45) is 0 Å². The van der Waals surface area contributed by atoms with E-state index >= 15 is 0 Å². The third kappa shape index (κ3) is 2.88. The lowest BCUT2D eigenvalue weighted by Gasteiger charge is -2.28. The molecule has 4 heteroatoms. The van der Waals surface area contributed by atoms with Crippen molar-refractivity contribution in [3.63, 3.8) is 0 Å². The largest absolute Gasteiger partial charge is 0.494 e. The van der Waals surface area contributed by atoms with Crippen LogP contribution >= 0.6 is 11.6 Å². The number of nitrogens with one attached hydrogen (secondary N) is 2. The van der Waals surface area contributed by atoms with E-state index in [-0.39, 0.29) is 0 Å². The van der Waals surface area contributed by atoms with Gasteiger partial charge in [-0.25, -0.2) is 0 Å². The van der Waals surface area contributed by atoms with E-state index in [9.17, 15) is 0 Å². The van der Waals surface area contributed by atoms with Gasteiger partial charge in [0, 0.05) is 36.3 Å². The van der Waals surface area contributed by atoms with Crippen LogP contribution in [0.5, 0.6) is 5.75 Å². The summed E-state index contributed by atoms with van der Waals surface area (Å²) in [6, 6.07) is 6.34. The van der Waals surface area contributed by atoms with Gasteiger partial charge in [0.25, 0.3) is 0 Å². The molecule has 2 N–H and O–H groups in total. The van der Waals surface area contributed by atoms with Gasteiger partial charge in [0.05, 0.1) is 6.61 Å². The number of benzene rings is 1. The lowest BCUT2D eigenvalue weighted by molar-refractivity contribution is 0.329. The second-order valence-electron chi connectivity index (χ2n) is 3.92. The Hall–Kier alpha value is -0.770. The fraction of sp³-hybridized carbons (Fsp3) is 0.500. The van der Waals surface area contributed by atoms with Crippen molar-refractivity contribution in [2.45, 2.75) is 19.5 Å². The van der Waals surface area contributed by atoms with Gasteiger partial charge in [0.1, 0.15) is 5.75 Å². The second kappa shape index (κ2) is 5.53. The Morgan fingerprint density at radius 1 is 1.50 bits per heavy atom. The molecule has 3 nitrogen and oxygen atoms in total. The van der Waals surface area contributed by atoms with E-state index in [4.69, 9.17) is 16.3 Å². The molecule has 1 heterocycles. The van der Waals surface area contributed by atoms with E-state index in [0.717, 1.165) is 36.0 Å². The summed E-state index contributed by atoms with van der Waals surface area (Å²) in [7, 11) is 0. The molecule has 0 spiro atoms. The molecule has 1 aliphatic rings. The quantitative estimate of drug-likeness (QED) is 0.824. The summed E-state index contributed by atoms with van der Waals surface area (Å²) in [6.07, 6.45) is 0. The van der Waals surface area contributed by atoms with Crippen LogP contribution in [-0.4, -0.2) is 25.7 Å². The van der Waals surface area contributed by atoms with Crippen molar-refractivity contribution in [3.8, 4) is 5.75 Å². The molecular formula is C12H17ClN2O. The molecule has 2 rings (SSSR count). The molecule has 88 valence electrons. The first-order chi connectivity index (χ1) is 7.79. The highest BCUT2D eigenvalue weighted by Crippen LogP contribution is 2.23. The van der Waals surface area contributed by atoms with Gasteiger partial charge in [0.15, 0.2) is 0 Å². The van der Waals surface area contributed by atoms with Crippen molar-refractivity contribution < 1.29 is 4.74 Å². The molecule has 0 aromatic heterocycles. The topological polar surface area (TPSA) is 33.3 Å². The molecule has 0 atom stereocenters. The maximum Gasteiger partial charge on any atom is 0.123 e. The van der Waals surface area contributed by atoms with Crippen LogP contribution in [0.3, 0.4) is 0 Å². The lowest BCUT2D eigenvalue weighted by atomic mass is 10.1. The zero-order valence-electron chi connectivity index (χ0n) is 9.42. The van der Waals surface area contributed by atoms with Crippen molar-refractivity contribution >= 4 is 11.6 Å². The van der Waals surface area contributed by atoms with Gasteiger partial charge in [-0.3, -0.25) is 0 Å². The van der Waals surface area contributed by atoms with Crippen LogP contribution in [0.1, 0.15) is 12.5 Å². The number of hydrogen-bond donors (Lipinski definition) is 2. The number of halogens is 1. The average Bonchev–Trinajstić information content (AvgIpc) is 2.20. The number of ether oxygens (including phenoxy) is 1. The molecule has 0 aliphatic carbocycles. The first-order valence-electron chi connectivity index (χ1n) is 5.65. The van der Waals surface area contributed by atoms with Crippen LogP contribution in [0.2, 0.25) is 5.02 Å². The summed E-state index contributed by atoms with van der Waals surface area (Å²) in [5.41, 5.74) is 1.13. The molecule has 1 aliphatic heterocycles. The van der Waals surface area contributed by atoms with E-state index in [1.165, 1.54) is 0 Å². The Morgan fingerprint density at radius 2 is 2.31 bits per heavy atom. The average molecular weight is 241 g/mol. The predicted octanol–water partition coefficient (Wildman–Crippen LogP) is 1.80. The summed E-state index contributed by atoms with van der Waals surface area (Å²) < 4.78 is 5.56. The minimum absolute atomic E-state index is 0.577. The molecule has 16 heavy (non-hydrogen) atoms. The van der Waals surface area contributed by atoms with Gasteiger partial charge >= 0.3 is 0 Å². The lowest BCUT2D eigenvalue weighted by Crippen LogP contribution is -2.54. The molecule has 1 saturated heterocycles. The monoisotopic (exact) mass is 240 g/mol. The van der Waals surface area contributed by atoms with Crippen LogP contribution < -0.4 is 15.4 Å². The third-order valence-corrected chi connectivity index (χ3v) is 2.92. The number of hydrogen-bond acceptors (Lipinski definition) is 3. The van der Waals surface area contributed by atoms with Crippen molar-refractivity contribution in [3.05, 3.63) is 28.8 Å². The predicted molar refractivity (Wildman–Crippen MR) is 66.1 cm³/mol. The van der Waals surface area contributed by atoms with E-state index in [0.29, 0.717) is 12.6 Å². The Kier molecular flexibility index (Phi) is 4.04. The molecule has 1 aromatic rings. The fourth-order valence-electron chi connectivity index (χ4n) is 1.67. The molecule has 0 amide bonds. The van der Waals surface area contributed by atoms with Crippen LogP contribution in [0.4, 0.5) is 0 Å². The summed E-state index contributed by atoms with van der Waals surface area (Å²) in [5.74, 6) is 0.923. The maximum atomic E-state index is 5.98. The maximum absolute atomic E-state index is 5.98. The van der Waals surface area contributed by atoms with Gasteiger partial charge in [0.2, 0.25) is 0 Å². The molecular weight excluding hydrogens is 224 g/mol. The SMILES string of the molecule is CCOc1ccc(Cl)cc1CNC1CNC1. The molecule has 1 aromatic carbocycles. The summed E-state index contributed by atoms with van der Waals surface area (Å²) in [6.45, 7) is 5.57. The Bertz CT molecular complexity index is 353.